The van der Waals surface area contributed by atoms with Gasteiger partial charge in [0.05, 0.1) is 13.0 Å². The molecule has 6 nitrogen and oxygen atoms in total. The van der Waals surface area contributed by atoms with Crippen molar-refractivity contribution in [2.75, 3.05) is 7.11 Å². The first kappa shape index (κ1) is 22.0. The number of carbonyl (C=O) groups is 2. The fourth-order valence-electron chi connectivity index (χ4n) is 3.23. The molecular weight excluding hydrogens is 394 g/mol. The first-order chi connectivity index (χ1) is 15.0. The zero-order chi connectivity index (χ0) is 22.2. The van der Waals surface area contributed by atoms with Crippen LogP contribution in [0.2, 0.25) is 0 Å². The summed E-state index contributed by atoms with van der Waals surface area (Å²) in [4.78, 5) is 28.7. The Morgan fingerprint density at radius 2 is 1.71 bits per heavy atom. The fourth-order valence-corrected chi connectivity index (χ4v) is 3.23. The number of ether oxygens (including phenoxy) is 2. The van der Waals surface area contributed by atoms with Gasteiger partial charge in [-0.25, -0.2) is 4.98 Å². The van der Waals surface area contributed by atoms with Crippen LogP contribution in [0.15, 0.2) is 72.9 Å². The van der Waals surface area contributed by atoms with E-state index >= 15 is 0 Å². The summed E-state index contributed by atoms with van der Waals surface area (Å²) in [6.07, 6.45) is 1.64. The number of benzene rings is 2. The van der Waals surface area contributed by atoms with Gasteiger partial charge in [-0.3, -0.25) is 9.59 Å². The molecule has 0 spiro atoms. The van der Waals surface area contributed by atoms with Gasteiger partial charge < -0.3 is 14.6 Å². The number of hydrogen-bond acceptors (Lipinski definition) is 5. The number of carboxylic acids is 1. The standard InChI is InChI=1S/C25H25NO5/c1-17(25(28)29)14-22(24(27)20-10-13-23(30-2)26-15-20)19-8-11-21(12-9-19)31-16-18-6-4-3-5-7-18/h3-13,15,17,22H,14,16H2,1-2H3,(H,28,29). The van der Waals surface area contributed by atoms with Crippen molar-refractivity contribution in [1.29, 1.82) is 0 Å². The number of carboxylic acid groups (broad SMARTS) is 1. The van der Waals surface area contributed by atoms with Gasteiger partial charge in [0.2, 0.25) is 5.88 Å². The highest BCUT2D eigenvalue weighted by Crippen LogP contribution is 2.30. The van der Waals surface area contributed by atoms with Gasteiger partial charge in [0, 0.05) is 23.7 Å². The summed E-state index contributed by atoms with van der Waals surface area (Å²) in [7, 11) is 1.50. The largest absolute Gasteiger partial charge is 0.489 e. The van der Waals surface area contributed by atoms with E-state index in [1.54, 1.807) is 31.2 Å². The molecule has 0 amide bonds. The second-order valence-electron chi connectivity index (χ2n) is 7.32. The second-order valence-corrected chi connectivity index (χ2v) is 7.32. The van der Waals surface area contributed by atoms with Crippen LogP contribution in [-0.2, 0) is 11.4 Å². The SMILES string of the molecule is COc1ccc(C(=O)C(CC(C)C(=O)O)c2ccc(OCc3ccccc3)cc2)cn1. The smallest absolute Gasteiger partial charge is 0.306 e. The van der Waals surface area contributed by atoms with Crippen molar-refractivity contribution in [2.24, 2.45) is 5.92 Å². The van der Waals surface area contributed by atoms with Crippen LogP contribution in [0.3, 0.4) is 0 Å². The molecule has 2 aromatic carbocycles. The Morgan fingerprint density at radius 1 is 1.00 bits per heavy atom. The van der Waals surface area contributed by atoms with Gasteiger partial charge in [-0.05, 0) is 35.7 Å². The Labute approximate surface area is 181 Å². The van der Waals surface area contributed by atoms with Crippen molar-refractivity contribution in [1.82, 2.24) is 4.98 Å². The predicted molar refractivity (Wildman–Crippen MR) is 116 cm³/mol. The average Bonchev–Trinajstić information content (AvgIpc) is 2.81. The van der Waals surface area contributed by atoms with Gasteiger partial charge in [-0.15, -0.1) is 0 Å². The lowest BCUT2D eigenvalue weighted by atomic mass is 9.84. The minimum atomic E-state index is -0.937. The molecule has 0 aliphatic heterocycles. The number of aromatic nitrogens is 1. The predicted octanol–water partition coefficient (Wildman–Crippen LogP) is 4.75. The lowest BCUT2D eigenvalue weighted by molar-refractivity contribution is -0.141. The van der Waals surface area contributed by atoms with Gasteiger partial charge in [-0.2, -0.15) is 0 Å². The third-order valence-electron chi connectivity index (χ3n) is 5.09. The van der Waals surface area contributed by atoms with Crippen LogP contribution in [0.5, 0.6) is 11.6 Å². The highest BCUT2D eigenvalue weighted by atomic mass is 16.5. The Bertz CT molecular complexity index is 1000. The second kappa shape index (κ2) is 10.4. The molecule has 6 heteroatoms. The van der Waals surface area contributed by atoms with E-state index in [2.05, 4.69) is 4.98 Å². The third-order valence-corrected chi connectivity index (χ3v) is 5.09. The monoisotopic (exact) mass is 419 g/mol. The Hall–Kier alpha value is -3.67. The van der Waals surface area contributed by atoms with Gasteiger partial charge >= 0.3 is 5.97 Å². The number of rotatable bonds is 10. The molecule has 2 atom stereocenters. The summed E-state index contributed by atoms with van der Waals surface area (Å²) < 4.78 is 10.9. The van der Waals surface area contributed by atoms with E-state index in [4.69, 9.17) is 9.47 Å². The third kappa shape index (κ3) is 5.92. The van der Waals surface area contributed by atoms with E-state index in [0.717, 1.165) is 11.1 Å². The molecule has 0 radical (unpaired) electrons. The molecule has 31 heavy (non-hydrogen) atoms. The number of Topliss-reactive ketones (excluding diaryl/α,β-unsaturated/α-hetero) is 1. The Kier molecular flexibility index (Phi) is 7.38. The van der Waals surface area contributed by atoms with Gasteiger partial charge in [-0.1, -0.05) is 49.4 Å². The number of nitrogens with zero attached hydrogens (tertiary/aromatic N) is 1. The van der Waals surface area contributed by atoms with Crippen molar-refractivity contribution in [3.05, 3.63) is 89.6 Å². The van der Waals surface area contributed by atoms with Crippen LogP contribution in [-0.4, -0.2) is 29.0 Å². The maximum atomic E-state index is 13.2. The number of hydrogen-bond donors (Lipinski definition) is 1. The maximum absolute atomic E-state index is 13.2. The zero-order valence-corrected chi connectivity index (χ0v) is 17.5. The molecule has 1 N–H and O–H groups in total. The van der Waals surface area contributed by atoms with Crippen LogP contribution in [0.1, 0.15) is 40.7 Å². The van der Waals surface area contributed by atoms with E-state index in [-0.39, 0.29) is 12.2 Å². The molecule has 0 saturated carbocycles. The summed E-state index contributed by atoms with van der Waals surface area (Å²) in [6, 6.07) is 20.3. The molecule has 0 fully saturated rings. The van der Waals surface area contributed by atoms with Crippen molar-refractivity contribution < 1.29 is 24.2 Å². The quantitative estimate of drug-likeness (QED) is 0.478. The molecule has 0 aliphatic rings. The molecule has 1 aromatic heterocycles. The number of pyridine rings is 1. The lowest BCUT2D eigenvalue weighted by Gasteiger charge is -2.19. The van der Waals surface area contributed by atoms with Gasteiger partial charge in [0.15, 0.2) is 5.78 Å². The molecule has 1 heterocycles. The number of methoxy groups -OCH3 is 1. The van der Waals surface area contributed by atoms with E-state index in [0.29, 0.717) is 23.8 Å². The molecular formula is C25H25NO5. The van der Waals surface area contributed by atoms with E-state index in [1.165, 1.54) is 13.3 Å². The van der Waals surface area contributed by atoms with Crippen molar-refractivity contribution in [2.45, 2.75) is 25.9 Å². The summed E-state index contributed by atoms with van der Waals surface area (Å²) >= 11 is 0. The van der Waals surface area contributed by atoms with Crippen LogP contribution in [0.4, 0.5) is 0 Å². The van der Waals surface area contributed by atoms with Crippen LogP contribution in [0.25, 0.3) is 0 Å². The van der Waals surface area contributed by atoms with Crippen LogP contribution >= 0.6 is 0 Å². The summed E-state index contributed by atoms with van der Waals surface area (Å²) in [5, 5.41) is 9.36. The minimum Gasteiger partial charge on any atom is -0.489 e. The van der Waals surface area contributed by atoms with E-state index in [1.807, 2.05) is 42.5 Å². The van der Waals surface area contributed by atoms with E-state index < -0.39 is 17.8 Å². The number of ketones is 1. The number of carbonyl (C=O) groups excluding carboxylic acids is 1. The lowest BCUT2D eigenvalue weighted by Crippen LogP contribution is -2.20. The number of aliphatic carboxylic acids is 1. The van der Waals surface area contributed by atoms with Crippen LogP contribution in [0, 0.1) is 5.92 Å². The fraction of sp³-hybridized carbons (Fsp3) is 0.240. The average molecular weight is 419 g/mol. The minimum absolute atomic E-state index is 0.179. The zero-order valence-electron chi connectivity index (χ0n) is 17.5. The summed E-state index contributed by atoms with van der Waals surface area (Å²) in [6.45, 7) is 2.04. The highest BCUT2D eigenvalue weighted by molar-refractivity contribution is 6.01. The molecule has 2 unspecified atom stereocenters. The van der Waals surface area contributed by atoms with Crippen molar-refractivity contribution in [3.8, 4) is 11.6 Å². The first-order valence-electron chi connectivity index (χ1n) is 10.0. The Balaban J connectivity index is 1.79. The molecule has 0 bridgehead atoms. The maximum Gasteiger partial charge on any atom is 0.306 e. The topological polar surface area (TPSA) is 85.7 Å². The van der Waals surface area contributed by atoms with E-state index in [9.17, 15) is 14.7 Å². The first-order valence-corrected chi connectivity index (χ1v) is 10.0. The normalized spacial score (nSPS) is 12.6. The summed E-state index contributed by atoms with van der Waals surface area (Å²) in [5.74, 6) is -1.31. The highest BCUT2D eigenvalue weighted by Gasteiger charge is 2.27. The molecule has 160 valence electrons. The molecule has 3 aromatic rings. The molecule has 0 aliphatic carbocycles. The molecule has 3 rings (SSSR count). The van der Waals surface area contributed by atoms with Gasteiger partial charge in [0.25, 0.3) is 0 Å². The van der Waals surface area contributed by atoms with Gasteiger partial charge in [0.1, 0.15) is 12.4 Å². The molecule has 0 saturated heterocycles. The Morgan fingerprint density at radius 3 is 2.29 bits per heavy atom. The van der Waals surface area contributed by atoms with Crippen molar-refractivity contribution >= 4 is 11.8 Å². The summed E-state index contributed by atoms with van der Waals surface area (Å²) in [5.41, 5.74) is 2.20. The van der Waals surface area contributed by atoms with Crippen molar-refractivity contribution in [3.63, 3.8) is 0 Å². The van der Waals surface area contributed by atoms with Crippen LogP contribution < -0.4 is 9.47 Å².